The number of hydrogen-bond donors (Lipinski definition) is 3. The Morgan fingerprint density at radius 2 is 2.00 bits per heavy atom. The fourth-order valence-electron chi connectivity index (χ4n) is 3.77. The van der Waals surface area contributed by atoms with Crippen LogP contribution in [-0.2, 0) is 12.6 Å². The largest absolute Gasteiger partial charge is 0.494 e. The number of aromatic hydroxyl groups is 1. The van der Waals surface area contributed by atoms with E-state index >= 15 is 0 Å². The number of aryl methyl sites for hydroxylation is 1. The second-order valence-corrected chi connectivity index (χ2v) is 8.22. The second kappa shape index (κ2) is 7.48. The number of halogens is 3. The van der Waals surface area contributed by atoms with E-state index in [0.717, 1.165) is 41.0 Å². The number of rotatable bonds is 4. The highest BCUT2D eigenvalue weighted by atomic mass is 32.1. The molecular weight excluding hydrogens is 419 g/mol. The molecule has 1 heterocycles. The van der Waals surface area contributed by atoms with Gasteiger partial charge in [0.25, 0.3) is 0 Å². The molecule has 3 N–H and O–H groups in total. The number of fused-ring (bicyclic) bond motifs is 1. The molecule has 9 heteroatoms. The molecule has 0 amide bonds. The van der Waals surface area contributed by atoms with Crippen molar-refractivity contribution in [3.63, 3.8) is 0 Å². The zero-order chi connectivity index (χ0) is 21.6. The van der Waals surface area contributed by atoms with E-state index < -0.39 is 17.8 Å². The van der Waals surface area contributed by atoms with Crippen molar-refractivity contribution in [3.05, 3.63) is 73.2 Å². The minimum absolute atomic E-state index is 0.0465. The number of aromatic nitrogens is 1. The molecule has 0 aliphatic heterocycles. The van der Waals surface area contributed by atoms with Crippen molar-refractivity contribution in [1.29, 1.82) is 0 Å². The maximum absolute atomic E-state index is 13.0. The Morgan fingerprint density at radius 1 is 1.23 bits per heavy atom. The van der Waals surface area contributed by atoms with E-state index in [4.69, 9.17) is 4.74 Å². The van der Waals surface area contributed by atoms with Gasteiger partial charge in [-0.25, -0.2) is 0 Å². The number of aliphatic hydroxyl groups is 1. The number of aromatic amines is 1. The molecule has 0 saturated carbocycles. The average molecular weight is 437 g/mol. The van der Waals surface area contributed by atoms with E-state index in [1.165, 1.54) is 13.0 Å². The van der Waals surface area contributed by atoms with E-state index in [1.54, 1.807) is 12.1 Å². The lowest BCUT2D eigenvalue weighted by atomic mass is 10.00. The number of benzene rings is 2. The number of nitrogens with one attached hydrogen (secondary N) is 1. The molecule has 0 saturated heterocycles. The van der Waals surface area contributed by atoms with Gasteiger partial charge in [0.1, 0.15) is 11.5 Å². The summed E-state index contributed by atoms with van der Waals surface area (Å²) in [6.45, 7) is 1.38. The SMILES string of the molecule is CC(O)c1cc(C(F)(F)F)ccc1Oc1ccc2c(c1)CC[C@H]2c1sc(=O)[nH]c1O. The molecule has 1 aliphatic carbocycles. The van der Waals surface area contributed by atoms with Crippen molar-refractivity contribution in [2.24, 2.45) is 0 Å². The molecule has 30 heavy (non-hydrogen) atoms. The zero-order valence-electron chi connectivity index (χ0n) is 15.8. The van der Waals surface area contributed by atoms with Gasteiger partial charge in [0.05, 0.1) is 16.5 Å². The van der Waals surface area contributed by atoms with Crippen LogP contribution in [0.5, 0.6) is 17.4 Å². The highest BCUT2D eigenvalue weighted by molar-refractivity contribution is 7.09. The zero-order valence-corrected chi connectivity index (χ0v) is 16.6. The highest BCUT2D eigenvalue weighted by Gasteiger charge is 2.32. The summed E-state index contributed by atoms with van der Waals surface area (Å²) >= 11 is 0.978. The van der Waals surface area contributed by atoms with Crippen molar-refractivity contribution in [3.8, 4) is 17.4 Å². The Morgan fingerprint density at radius 3 is 2.63 bits per heavy atom. The number of H-pyrrole nitrogens is 1. The predicted octanol–water partition coefficient (Wildman–Crippen LogP) is 5.08. The maximum Gasteiger partial charge on any atom is 0.416 e. The number of ether oxygens (including phenoxy) is 1. The van der Waals surface area contributed by atoms with Gasteiger partial charge in [0.15, 0.2) is 0 Å². The number of aliphatic hydroxyl groups excluding tert-OH is 1. The van der Waals surface area contributed by atoms with E-state index in [-0.39, 0.29) is 28.0 Å². The molecule has 158 valence electrons. The summed E-state index contributed by atoms with van der Waals surface area (Å²) in [4.78, 5) is 14.2. The molecule has 0 spiro atoms. The van der Waals surface area contributed by atoms with Crippen LogP contribution in [-0.4, -0.2) is 15.2 Å². The third-order valence-corrected chi connectivity index (χ3v) is 6.17. The van der Waals surface area contributed by atoms with Crippen LogP contribution in [0.4, 0.5) is 13.2 Å². The van der Waals surface area contributed by atoms with Crippen molar-refractivity contribution < 1.29 is 28.1 Å². The van der Waals surface area contributed by atoms with Crippen LogP contribution in [0.15, 0.2) is 41.2 Å². The van der Waals surface area contributed by atoms with Crippen LogP contribution in [0.1, 0.15) is 52.5 Å². The fraction of sp³-hybridized carbons (Fsp3) is 0.286. The molecule has 2 atom stereocenters. The van der Waals surface area contributed by atoms with Gasteiger partial charge in [-0.05, 0) is 61.2 Å². The first-order valence-electron chi connectivity index (χ1n) is 9.25. The molecule has 3 aromatic rings. The molecule has 1 aliphatic rings. The quantitative estimate of drug-likeness (QED) is 0.531. The van der Waals surface area contributed by atoms with Crippen LogP contribution >= 0.6 is 11.3 Å². The third kappa shape index (κ3) is 3.82. The summed E-state index contributed by atoms with van der Waals surface area (Å²) in [6.07, 6.45) is -4.22. The molecule has 0 fully saturated rings. The lowest BCUT2D eigenvalue weighted by Gasteiger charge is -2.17. The minimum atomic E-state index is -4.51. The topological polar surface area (TPSA) is 82.5 Å². The van der Waals surface area contributed by atoms with Gasteiger partial charge >= 0.3 is 11.0 Å². The van der Waals surface area contributed by atoms with Gasteiger partial charge in [-0.1, -0.05) is 17.4 Å². The molecule has 0 radical (unpaired) electrons. The molecule has 1 unspecified atom stereocenters. The Hall–Kier alpha value is -2.78. The Kier molecular flexibility index (Phi) is 5.11. The van der Waals surface area contributed by atoms with Gasteiger partial charge in [-0.2, -0.15) is 13.2 Å². The van der Waals surface area contributed by atoms with Gasteiger partial charge in [-0.3, -0.25) is 9.78 Å². The van der Waals surface area contributed by atoms with Gasteiger partial charge < -0.3 is 14.9 Å². The van der Waals surface area contributed by atoms with Gasteiger partial charge in [-0.15, -0.1) is 0 Å². The lowest BCUT2D eigenvalue weighted by Crippen LogP contribution is -2.07. The first-order valence-corrected chi connectivity index (χ1v) is 10.1. The van der Waals surface area contributed by atoms with Crippen LogP contribution in [0.2, 0.25) is 0 Å². The minimum Gasteiger partial charge on any atom is -0.494 e. The van der Waals surface area contributed by atoms with E-state index in [0.29, 0.717) is 17.0 Å². The van der Waals surface area contributed by atoms with Gasteiger partial charge in [0.2, 0.25) is 5.88 Å². The van der Waals surface area contributed by atoms with Gasteiger partial charge in [0, 0.05) is 11.5 Å². The standard InChI is InChI=1S/C21H18F3NO4S/c1-10(26)16-9-12(21(22,23)24)3-7-17(16)29-13-4-6-14-11(8-13)2-5-15(14)18-19(27)25-20(28)30-18/h3-4,6-10,15,26-27H,2,5H2,1H3,(H,25,28)/t10?,15-/m1/s1. The average Bonchev–Trinajstić information content (AvgIpc) is 3.22. The predicted molar refractivity (Wildman–Crippen MR) is 105 cm³/mol. The van der Waals surface area contributed by atoms with Crippen LogP contribution < -0.4 is 9.61 Å². The van der Waals surface area contributed by atoms with Crippen LogP contribution in [0.25, 0.3) is 0 Å². The van der Waals surface area contributed by atoms with Crippen molar-refractivity contribution in [2.45, 2.75) is 38.0 Å². The number of thiazole rings is 1. The Labute approximate surface area is 173 Å². The van der Waals surface area contributed by atoms with Crippen LogP contribution in [0, 0.1) is 0 Å². The smallest absolute Gasteiger partial charge is 0.416 e. The Bertz CT molecular complexity index is 1150. The second-order valence-electron chi connectivity index (χ2n) is 7.21. The summed E-state index contributed by atoms with van der Waals surface area (Å²) in [5, 5.41) is 19.9. The molecule has 4 rings (SSSR count). The van der Waals surface area contributed by atoms with Crippen molar-refractivity contribution in [2.75, 3.05) is 0 Å². The fourth-order valence-corrected chi connectivity index (χ4v) is 4.65. The molecular formula is C21H18F3NO4S. The molecule has 0 bridgehead atoms. The summed E-state index contributed by atoms with van der Waals surface area (Å²) < 4.78 is 44.8. The molecule has 2 aromatic carbocycles. The van der Waals surface area contributed by atoms with Crippen molar-refractivity contribution in [1.82, 2.24) is 4.98 Å². The number of hydrogen-bond acceptors (Lipinski definition) is 5. The summed E-state index contributed by atoms with van der Waals surface area (Å²) in [6, 6.07) is 8.33. The van der Waals surface area contributed by atoms with E-state index in [1.807, 2.05) is 6.07 Å². The normalized spacial score (nSPS) is 17.0. The number of alkyl halides is 3. The summed E-state index contributed by atoms with van der Waals surface area (Å²) in [5.41, 5.74) is 1.14. The van der Waals surface area contributed by atoms with E-state index in [9.17, 15) is 28.2 Å². The van der Waals surface area contributed by atoms with E-state index in [2.05, 4.69) is 4.98 Å². The Balaban J connectivity index is 1.63. The monoisotopic (exact) mass is 437 g/mol. The maximum atomic E-state index is 13.0. The first kappa shape index (κ1) is 20.5. The van der Waals surface area contributed by atoms with Crippen molar-refractivity contribution >= 4 is 11.3 Å². The third-order valence-electron chi connectivity index (χ3n) is 5.18. The lowest BCUT2D eigenvalue weighted by molar-refractivity contribution is -0.137. The van der Waals surface area contributed by atoms with Crippen LogP contribution in [0.3, 0.4) is 0 Å². The molecule has 5 nitrogen and oxygen atoms in total. The molecule has 1 aromatic heterocycles. The highest BCUT2D eigenvalue weighted by Crippen LogP contribution is 2.44. The first-order chi connectivity index (χ1) is 14.1. The summed E-state index contributed by atoms with van der Waals surface area (Å²) in [7, 11) is 0. The summed E-state index contributed by atoms with van der Waals surface area (Å²) in [5.74, 6) is 0.364.